The number of rotatable bonds is 6. The number of carbonyl (C=O) groups excluding carboxylic acids is 1. The van der Waals surface area contributed by atoms with Crippen LogP contribution in [0.15, 0.2) is 22.7 Å². The molecule has 0 aliphatic rings. The summed E-state index contributed by atoms with van der Waals surface area (Å²) in [5.74, 6) is 0.830. The van der Waals surface area contributed by atoms with Crippen LogP contribution in [0.3, 0.4) is 0 Å². The molecule has 0 aliphatic carbocycles. The minimum Gasteiger partial charge on any atom is -0.496 e. The predicted molar refractivity (Wildman–Crippen MR) is 75.8 cm³/mol. The summed E-state index contributed by atoms with van der Waals surface area (Å²) in [4.78, 5) is 11.6. The zero-order valence-corrected chi connectivity index (χ0v) is 12.5. The summed E-state index contributed by atoms with van der Waals surface area (Å²) in [6, 6.07) is 5.78. The Bertz CT molecular complexity index is 410. The predicted octanol–water partition coefficient (Wildman–Crippen LogP) is 2.24. The lowest BCUT2D eigenvalue weighted by molar-refractivity contribution is -0.121. The molecule has 0 fully saturated rings. The van der Waals surface area contributed by atoms with Crippen LogP contribution in [0.5, 0.6) is 5.75 Å². The quantitative estimate of drug-likeness (QED) is 0.846. The van der Waals surface area contributed by atoms with Gasteiger partial charge in [0.05, 0.1) is 17.6 Å². The van der Waals surface area contributed by atoms with E-state index in [9.17, 15) is 4.79 Å². The van der Waals surface area contributed by atoms with Crippen molar-refractivity contribution in [3.8, 4) is 5.75 Å². The van der Waals surface area contributed by atoms with E-state index in [-0.39, 0.29) is 11.9 Å². The summed E-state index contributed by atoms with van der Waals surface area (Å²) in [5.41, 5.74) is 1.04. The number of hydrogen-bond donors (Lipinski definition) is 2. The molecular formula is C13H19BrN2O2. The lowest BCUT2D eigenvalue weighted by Gasteiger charge is -2.15. The summed E-state index contributed by atoms with van der Waals surface area (Å²) in [6.45, 7) is 2.65. The summed E-state index contributed by atoms with van der Waals surface area (Å²) >= 11 is 3.44. The Labute approximate surface area is 116 Å². The van der Waals surface area contributed by atoms with Crippen LogP contribution in [0.4, 0.5) is 0 Å². The number of nitrogens with one attached hydrogen (secondary N) is 2. The van der Waals surface area contributed by atoms with E-state index >= 15 is 0 Å². The summed E-state index contributed by atoms with van der Waals surface area (Å²) in [6.07, 6.45) is 0.484. The molecule has 1 aromatic rings. The summed E-state index contributed by atoms with van der Waals surface area (Å²) in [7, 11) is 3.46. The second-order valence-electron chi connectivity index (χ2n) is 4.04. The highest BCUT2D eigenvalue weighted by Gasteiger charge is 2.11. The van der Waals surface area contributed by atoms with Crippen molar-refractivity contribution in [1.29, 1.82) is 0 Å². The van der Waals surface area contributed by atoms with Crippen LogP contribution < -0.4 is 15.4 Å². The van der Waals surface area contributed by atoms with Crippen molar-refractivity contribution >= 4 is 21.8 Å². The van der Waals surface area contributed by atoms with Crippen LogP contribution in [0, 0.1) is 0 Å². The van der Waals surface area contributed by atoms with Crippen molar-refractivity contribution in [2.24, 2.45) is 0 Å². The molecule has 4 nitrogen and oxygen atoms in total. The Morgan fingerprint density at radius 3 is 2.78 bits per heavy atom. The van der Waals surface area contributed by atoms with Crippen LogP contribution in [-0.4, -0.2) is 26.6 Å². The molecule has 18 heavy (non-hydrogen) atoms. The van der Waals surface area contributed by atoms with Crippen LogP contribution in [-0.2, 0) is 4.79 Å². The number of benzene rings is 1. The van der Waals surface area contributed by atoms with Gasteiger partial charge in [0.2, 0.25) is 5.91 Å². The Kier molecular flexibility index (Phi) is 6.15. The van der Waals surface area contributed by atoms with Crippen molar-refractivity contribution in [1.82, 2.24) is 10.6 Å². The first-order valence-corrected chi connectivity index (χ1v) is 6.65. The highest BCUT2D eigenvalue weighted by Crippen LogP contribution is 2.27. The number of hydrogen-bond acceptors (Lipinski definition) is 3. The first kappa shape index (κ1) is 15.0. The van der Waals surface area contributed by atoms with E-state index in [0.29, 0.717) is 13.0 Å². The van der Waals surface area contributed by atoms with E-state index in [1.165, 1.54) is 0 Å². The fourth-order valence-electron chi connectivity index (χ4n) is 1.59. The number of amides is 1. The van der Waals surface area contributed by atoms with Gasteiger partial charge < -0.3 is 15.4 Å². The topological polar surface area (TPSA) is 50.4 Å². The fourth-order valence-corrected chi connectivity index (χ4v) is 2.15. The monoisotopic (exact) mass is 314 g/mol. The molecule has 0 spiro atoms. The molecule has 0 aromatic heterocycles. The first-order chi connectivity index (χ1) is 8.58. The lowest BCUT2D eigenvalue weighted by Crippen LogP contribution is -2.29. The molecule has 0 saturated carbocycles. The second kappa shape index (κ2) is 7.38. The van der Waals surface area contributed by atoms with Gasteiger partial charge in [-0.05, 0) is 47.6 Å². The number of carbonyl (C=O) groups is 1. The highest BCUT2D eigenvalue weighted by molar-refractivity contribution is 9.10. The zero-order valence-electron chi connectivity index (χ0n) is 10.9. The Hall–Kier alpha value is -1.07. The van der Waals surface area contributed by atoms with Crippen LogP contribution in [0.1, 0.15) is 24.9 Å². The number of halogens is 1. The fraction of sp³-hybridized carbons (Fsp3) is 0.462. The third kappa shape index (κ3) is 4.31. The van der Waals surface area contributed by atoms with Gasteiger partial charge in [-0.15, -0.1) is 0 Å². The van der Waals surface area contributed by atoms with Crippen molar-refractivity contribution in [3.63, 3.8) is 0 Å². The van der Waals surface area contributed by atoms with Crippen molar-refractivity contribution in [3.05, 3.63) is 28.2 Å². The molecule has 1 unspecified atom stereocenters. The van der Waals surface area contributed by atoms with E-state index in [1.54, 1.807) is 7.11 Å². The largest absolute Gasteiger partial charge is 0.496 e. The van der Waals surface area contributed by atoms with E-state index in [0.717, 1.165) is 15.8 Å². The molecule has 1 amide bonds. The van der Waals surface area contributed by atoms with Gasteiger partial charge >= 0.3 is 0 Å². The molecule has 5 heteroatoms. The second-order valence-corrected chi connectivity index (χ2v) is 4.89. The maximum absolute atomic E-state index is 11.6. The van der Waals surface area contributed by atoms with Crippen LogP contribution in [0.25, 0.3) is 0 Å². The molecule has 2 N–H and O–H groups in total. The summed E-state index contributed by atoms with van der Waals surface area (Å²) < 4.78 is 6.06. The summed E-state index contributed by atoms with van der Waals surface area (Å²) in [5, 5.41) is 5.91. The van der Waals surface area contributed by atoms with Crippen molar-refractivity contribution in [2.45, 2.75) is 19.4 Å². The third-order valence-electron chi connectivity index (χ3n) is 2.66. The number of methoxy groups -OCH3 is 1. The molecule has 1 rings (SSSR count). The average Bonchev–Trinajstić information content (AvgIpc) is 2.36. The van der Waals surface area contributed by atoms with Gasteiger partial charge in [-0.1, -0.05) is 6.07 Å². The first-order valence-electron chi connectivity index (χ1n) is 5.86. The molecule has 0 heterocycles. The molecule has 0 radical (unpaired) electrons. The van der Waals surface area contributed by atoms with Crippen LogP contribution >= 0.6 is 15.9 Å². The van der Waals surface area contributed by atoms with Crippen LogP contribution in [0.2, 0.25) is 0 Å². The maximum atomic E-state index is 11.6. The van der Waals surface area contributed by atoms with E-state index in [2.05, 4.69) is 26.6 Å². The molecule has 1 atom stereocenters. The Morgan fingerprint density at radius 1 is 1.50 bits per heavy atom. The molecule has 0 saturated heterocycles. The van der Waals surface area contributed by atoms with E-state index in [4.69, 9.17) is 4.74 Å². The highest BCUT2D eigenvalue weighted by atomic mass is 79.9. The average molecular weight is 315 g/mol. The molecule has 0 aliphatic heterocycles. The van der Waals surface area contributed by atoms with E-state index < -0.39 is 0 Å². The van der Waals surface area contributed by atoms with Gasteiger partial charge in [0.15, 0.2) is 0 Å². The SMILES string of the molecule is CNCCC(=O)NC(C)c1ccc(OC)c(Br)c1. The van der Waals surface area contributed by atoms with E-state index in [1.807, 2.05) is 32.2 Å². The maximum Gasteiger partial charge on any atom is 0.221 e. The smallest absolute Gasteiger partial charge is 0.221 e. The van der Waals surface area contributed by atoms with Gasteiger partial charge in [0.25, 0.3) is 0 Å². The van der Waals surface area contributed by atoms with Gasteiger partial charge in [-0.2, -0.15) is 0 Å². The van der Waals surface area contributed by atoms with Crippen molar-refractivity contribution in [2.75, 3.05) is 20.7 Å². The lowest BCUT2D eigenvalue weighted by atomic mass is 10.1. The van der Waals surface area contributed by atoms with Crippen molar-refractivity contribution < 1.29 is 9.53 Å². The minimum absolute atomic E-state index is 0.0171. The molecule has 100 valence electrons. The zero-order chi connectivity index (χ0) is 13.5. The van der Waals surface area contributed by atoms with Gasteiger partial charge in [-0.25, -0.2) is 0 Å². The molecule has 1 aromatic carbocycles. The number of ether oxygens (including phenoxy) is 1. The van der Waals surface area contributed by atoms with Gasteiger partial charge in [0.1, 0.15) is 5.75 Å². The normalized spacial score (nSPS) is 12.0. The Morgan fingerprint density at radius 2 is 2.22 bits per heavy atom. The third-order valence-corrected chi connectivity index (χ3v) is 3.28. The molecule has 0 bridgehead atoms. The van der Waals surface area contributed by atoms with Gasteiger partial charge in [-0.3, -0.25) is 4.79 Å². The molecular weight excluding hydrogens is 296 g/mol. The standard InChI is InChI=1S/C13H19BrN2O2/c1-9(16-13(17)6-7-15-2)10-4-5-12(18-3)11(14)8-10/h4-5,8-9,15H,6-7H2,1-3H3,(H,16,17). The minimum atomic E-state index is -0.0171. The Balaban J connectivity index is 2.63. The van der Waals surface area contributed by atoms with Gasteiger partial charge in [0, 0.05) is 13.0 Å².